The highest BCUT2D eigenvalue weighted by Crippen LogP contribution is 2.41. The number of methoxy groups -OCH3 is 1. The summed E-state index contributed by atoms with van der Waals surface area (Å²) in [5.41, 5.74) is -0.595. The average Bonchev–Trinajstić information content (AvgIpc) is 3.29. The first-order chi connectivity index (χ1) is 16.4. The van der Waals surface area contributed by atoms with Crippen LogP contribution in [0.3, 0.4) is 0 Å². The Morgan fingerprint density at radius 2 is 2.03 bits per heavy atom. The Morgan fingerprint density at radius 1 is 1.29 bits per heavy atom. The number of aromatic amines is 1. The Kier molecular flexibility index (Phi) is 7.09. The molecule has 3 N–H and O–H groups in total. The molecular weight excluding hydrogens is 440 g/mol. The van der Waals surface area contributed by atoms with E-state index in [0.717, 1.165) is 5.56 Å². The molecule has 3 aromatic rings. The molecule has 0 bridgehead atoms. The van der Waals surface area contributed by atoms with Gasteiger partial charge in [-0.3, -0.25) is 14.7 Å². The van der Waals surface area contributed by atoms with Gasteiger partial charge in [-0.1, -0.05) is 30.3 Å². The fourth-order valence-corrected chi connectivity index (χ4v) is 4.31. The van der Waals surface area contributed by atoms with Crippen molar-refractivity contribution >= 4 is 5.91 Å². The number of aromatic hydroxyl groups is 1. The predicted octanol–water partition coefficient (Wildman–Crippen LogP) is 2.26. The first-order valence-electron chi connectivity index (χ1n) is 11.1. The maximum atomic E-state index is 13.4. The molecule has 1 aliphatic heterocycles. The van der Waals surface area contributed by atoms with E-state index in [1.165, 1.54) is 6.07 Å². The minimum absolute atomic E-state index is 0.00496. The molecule has 3 heterocycles. The van der Waals surface area contributed by atoms with Crippen molar-refractivity contribution in [2.75, 3.05) is 20.3 Å². The van der Waals surface area contributed by atoms with Crippen molar-refractivity contribution in [1.29, 1.82) is 0 Å². The largest absolute Gasteiger partial charge is 0.502 e. The zero-order chi connectivity index (χ0) is 24.1. The summed E-state index contributed by atoms with van der Waals surface area (Å²) >= 11 is 0. The second kappa shape index (κ2) is 10.2. The molecule has 1 unspecified atom stereocenters. The Hall–Kier alpha value is -3.50. The molecule has 10 nitrogen and oxygen atoms in total. The van der Waals surface area contributed by atoms with Crippen LogP contribution in [0.15, 0.2) is 45.6 Å². The molecule has 180 valence electrons. The number of H-pyrrole nitrogens is 1. The predicted molar refractivity (Wildman–Crippen MR) is 121 cm³/mol. The zero-order valence-corrected chi connectivity index (χ0v) is 19.2. The minimum atomic E-state index is -0.876. The van der Waals surface area contributed by atoms with Crippen molar-refractivity contribution in [2.45, 2.75) is 44.2 Å². The number of hydrogen-bond donors (Lipinski definition) is 3. The zero-order valence-electron chi connectivity index (χ0n) is 19.2. The SMILES string of the molecule is COCc1nc(C(NC(=O)CC2(c3oc(C)cc(=O)c3O)CCOCC2)c2ccccc2)n[nH]1. The number of nitrogens with zero attached hydrogens (tertiary/aromatic N) is 2. The molecule has 0 aliphatic carbocycles. The molecule has 1 amide bonds. The van der Waals surface area contributed by atoms with E-state index in [0.29, 0.717) is 43.5 Å². The number of aromatic nitrogens is 3. The van der Waals surface area contributed by atoms with E-state index in [-0.39, 0.29) is 24.7 Å². The Bertz CT molecular complexity index is 1180. The van der Waals surface area contributed by atoms with Crippen molar-refractivity contribution in [3.63, 3.8) is 0 Å². The summed E-state index contributed by atoms with van der Waals surface area (Å²) in [6.07, 6.45) is 0.846. The van der Waals surface area contributed by atoms with Gasteiger partial charge in [0.2, 0.25) is 17.1 Å². The highest BCUT2D eigenvalue weighted by Gasteiger charge is 2.42. The molecule has 1 atom stereocenters. The first kappa shape index (κ1) is 23.7. The molecule has 0 saturated carbocycles. The van der Waals surface area contributed by atoms with E-state index in [9.17, 15) is 14.7 Å². The van der Waals surface area contributed by atoms with E-state index < -0.39 is 22.6 Å². The minimum Gasteiger partial charge on any atom is -0.502 e. The van der Waals surface area contributed by atoms with Crippen LogP contribution in [0.1, 0.15) is 54.0 Å². The van der Waals surface area contributed by atoms with Gasteiger partial charge in [0.1, 0.15) is 18.4 Å². The van der Waals surface area contributed by atoms with Gasteiger partial charge in [0, 0.05) is 38.2 Å². The number of nitrogens with one attached hydrogen (secondary N) is 2. The topological polar surface area (TPSA) is 140 Å². The molecule has 0 radical (unpaired) electrons. The molecule has 1 saturated heterocycles. The molecule has 34 heavy (non-hydrogen) atoms. The van der Waals surface area contributed by atoms with Crippen molar-refractivity contribution in [2.24, 2.45) is 0 Å². The van der Waals surface area contributed by atoms with Crippen molar-refractivity contribution in [3.8, 4) is 5.75 Å². The van der Waals surface area contributed by atoms with Crippen LogP contribution < -0.4 is 10.7 Å². The van der Waals surface area contributed by atoms with Crippen LogP contribution in [0.2, 0.25) is 0 Å². The van der Waals surface area contributed by atoms with Crippen LogP contribution in [-0.2, 0) is 26.3 Å². The monoisotopic (exact) mass is 468 g/mol. The molecule has 10 heteroatoms. The Balaban J connectivity index is 1.64. The van der Waals surface area contributed by atoms with Gasteiger partial charge in [0.25, 0.3) is 0 Å². The quantitative estimate of drug-likeness (QED) is 0.457. The number of aryl methyl sites for hydroxylation is 1. The summed E-state index contributed by atoms with van der Waals surface area (Å²) in [5.74, 6) is 0.693. The summed E-state index contributed by atoms with van der Waals surface area (Å²) in [6, 6.07) is 10.0. The highest BCUT2D eigenvalue weighted by atomic mass is 16.5. The summed E-state index contributed by atoms with van der Waals surface area (Å²) in [4.78, 5) is 30.1. The molecule has 1 aromatic carbocycles. The van der Waals surface area contributed by atoms with E-state index in [4.69, 9.17) is 13.9 Å². The molecule has 4 rings (SSSR count). The smallest absolute Gasteiger partial charge is 0.227 e. The fourth-order valence-electron chi connectivity index (χ4n) is 4.31. The first-order valence-corrected chi connectivity index (χ1v) is 11.1. The van der Waals surface area contributed by atoms with Crippen LogP contribution in [-0.4, -0.2) is 46.5 Å². The van der Waals surface area contributed by atoms with Crippen molar-refractivity contribution in [3.05, 3.63) is 75.4 Å². The summed E-state index contributed by atoms with van der Waals surface area (Å²) < 4.78 is 16.4. The highest BCUT2D eigenvalue weighted by molar-refractivity contribution is 5.78. The van der Waals surface area contributed by atoms with E-state index in [1.807, 2.05) is 30.3 Å². The van der Waals surface area contributed by atoms with E-state index in [2.05, 4.69) is 20.5 Å². The average molecular weight is 469 g/mol. The fraction of sp³-hybridized carbons (Fsp3) is 0.417. The third-order valence-corrected chi connectivity index (χ3v) is 6.00. The molecule has 2 aromatic heterocycles. The lowest BCUT2D eigenvalue weighted by atomic mass is 9.74. The maximum Gasteiger partial charge on any atom is 0.227 e. The molecule has 0 spiro atoms. The number of rotatable bonds is 8. The lowest BCUT2D eigenvalue weighted by Gasteiger charge is -2.36. The number of ether oxygens (including phenoxy) is 2. The van der Waals surface area contributed by atoms with Crippen molar-refractivity contribution in [1.82, 2.24) is 20.5 Å². The third-order valence-electron chi connectivity index (χ3n) is 6.00. The van der Waals surface area contributed by atoms with Crippen LogP contribution in [0.25, 0.3) is 0 Å². The number of carbonyl (C=O) groups excluding carboxylic acids is 1. The van der Waals surface area contributed by atoms with Crippen LogP contribution in [0, 0.1) is 6.92 Å². The van der Waals surface area contributed by atoms with Gasteiger partial charge in [0.05, 0.1) is 0 Å². The molecule has 1 aliphatic rings. The second-order valence-corrected chi connectivity index (χ2v) is 8.45. The summed E-state index contributed by atoms with van der Waals surface area (Å²) in [5, 5.41) is 20.7. The Morgan fingerprint density at radius 3 is 2.74 bits per heavy atom. The maximum absolute atomic E-state index is 13.4. The molecular formula is C24H28N4O6. The van der Waals surface area contributed by atoms with Gasteiger partial charge in [-0.25, -0.2) is 4.98 Å². The standard InChI is InChI=1S/C24H28N4O6/c1-15-12-17(29)21(31)22(34-15)24(8-10-33-11-9-24)13-19(30)26-20(16-6-4-3-5-7-16)23-25-18(14-32-2)27-28-23/h3-7,12,20,31H,8-11,13-14H2,1-2H3,(H,26,30)(H,25,27,28). The summed E-state index contributed by atoms with van der Waals surface area (Å²) in [7, 11) is 1.56. The number of carbonyl (C=O) groups is 1. The lowest BCUT2D eigenvalue weighted by molar-refractivity contribution is -0.124. The number of benzene rings is 1. The Labute approximate surface area is 196 Å². The number of hydrogen-bond acceptors (Lipinski definition) is 8. The van der Waals surface area contributed by atoms with Crippen molar-refractivity contribution < 1.29 is 23.8 Å². The van der Waals surface area contributed by atoms with Gasteiger partial charge >= 0.3 is 0 Å². The van der Waals surface area contributed by atoms with Crippen LogP contribution in [0.5, 0.6) is 5.75 Å². The molecule has 1 fully saturated rings. The van der Waals surface area contributed by atoms with Gasteiger partial charge in [0.15, 0.2) is 17.4 Å². The van der Waals surface area contributed by atoms with E-state index in [1.54, 1.807) is 14.0 Å². The second-order valence-electron chi connectivity index (χ2n) is 8.45. The van der Waals surface area contributed by atoms with E-state index >= 15 is 0 Å². The summed E-state index contributed by atoms with van der Waals surface area (Å²) in [6.45, 7) is 2.67. The third kappa shape index (κ3) is 5.02. The normalized spacial score (nSPS) is 16.2. The van der Waals surface area contributed by atoms with Gasteiger partial charge in [-0.15, -0.1) is 0 Å². The van der Waals surface area contributed by atoms with Gasteiger partial charge < -0.3 is 24.3 Å². The van der Waals surface area contributed by atoms with Crippen LogP contribution in [0.4, 0.5) is 0 Å². The lowest BCUT2D eigenvalue weighted by Crippen LogP contribution is -2.41. The van der Waals surface area contributed by atoms with Gasteiger partial charge in [-0.05, 0) is 25.3 Å². The van der Waals surface area contributed by atoms with Crippen LogP contribution >= 0.6 is 0 Å². The van der Waals surface area contributed by atoms with Gasteiger partial charge in [-0.2, -0.15) is 5.10 Å². The number of amides is 1.